The fourth-order valence-electron chi connectivity index (χ4n) is 3.15. The van der Waals surface area contributed by atoms with Gasteiger partial charge in [-0.3, -0.25) is 4.79 Å². The van der Waals surface area contributed by atoms with Crippen LogP contribution in [0.1, 0.15) is 23.7 Å². The van der Waals surface area contributed by atoms with E-state index in [0.717, 1.165) is 12.1 Å². The molecular weight excluding hydrogens is 376 g/mol. The highest BCUT2D eigenvalue weighted by atomic mass is 32.2. The molecule has 0 bridgehead atoms. The predicted molar refractivity (Wildman–Crippen MR) is 98.6 cm³/mol. The molecule has 1 saturated heterocycles. The van der Waals surface area contributed by atoms with Gasteiger partial charge in [-0.15, -0.1) is 0 Å². The van der Waals surface area contributed by atoms with Crippen molar-refractivity contribution in [2.75, 3.05) is 28.3 Å². The largest absolute Gasteiger partial charge is 0.353 e. The van der Waals surface area contributed by atoms with Crippen LogP contribution in [0.4, 0.5) is 20.3 Å². The van der Waals surface area contributed by atoms with Crippen molar-refractivity contribution in [3.63, 3.8) is 0 Å². The van der Waals surface area contributed by atoms with Gasteiger partial charge in [0.25, 0.3) is 5.91 Å². The van der Waals surface area contributed by atoms with Crippen LogP contribution in [-0.2, 0) is 9.84 Å². The number of para-hydroxylation sites is 1. The Kier molecular flexibility index (Phi) is 5.41. The molecule has 1 aliphatic rings. The summed E-state index contributed by atoms with van der Waals surface area (Å²) >= 11 is 0. The number of halogens is 2. The third-order valence-corrected chi connectivity index (χ3v) is 6.24. The van der Waals surface area contributed by atoms with E-state index < -0.39 is 33.1 Å². The van der Waals surface area contributed by atoms with Crippen LogP contribution in [0.2, 0.25) is 0 Å². The number of nitrogens with zero attached hydrogens (tertiary/aromatic N) is 2. The summed E-state index contributed by atoms with van der Waals surface area (Å²) < 4.78 is 51.0. The molecule has 3 rings (SSSR count). The number of pyridine rings is 1. The lowest BCUT2D eigenvalue weighted by molar-refractivity contribution is 0.102. The molecule has 1 unspecified atom stereocenters. The number of carbonyl (C=O) groups is 1. The first-order valence-corrected chi connectivity index (χ1v) is 10.3. The fourth-order valence-corrected chi connectivity index (χ4v) is 4.88. The third-order valence-electron chi connectivity index (χ3n) is 4.49. The summed E-state index contributed by atoms with van der Waals surface area (Å²) in [7, 11) is -3.07. The lowest BCUT2D eigenvalue weighted by Crippen LogP contribution is -2.36. The summed E-state index contributed by atoms with van der Waals surface area (Å²) in [5.41, 5.74) is -0.350. The normalized spacial score (nSPS) is 18.3. The van der Waals surface area contributed by atoms with Crippen LogP contribution in [-0.4, -0.2) is 43.4 Å². The van der Waals surface area contributed by atoms with Gasteiger partial charge in [-0.1, -0.05) is 6.07 Å². The van der Waals surface area contributed by atoms with Gasteiger partial charge in [0.2, 0.25) is 0 Å². The second-order valence-electron chi connectivity index (χ2n) is 6.30. The average molecular weight is 395 g/mol. The highest BCUT2D eigenvalue weighted by Crippen LogP contribution is 2.24. The summed E-state index contributed by atoms with van der Waals surface area (Å²) in [5.74, 6) is -1.81. The van der Waals surface area contributed by atoms with Crippen molar-refractivity contribution < 1.29 is 22.0 Å². The van der Waals surface area contributed by atoms with Crippen molar-refractivity contribution in [3.8, 4) is 0 Å². The number of sulfone groups is 1. The maximum Gasteiger partial charge on any atom is 0.256 e. The number of amides is 1. The molecule has 2 aromatic rings. The molecule has 1 N–H and O–H groups in total. The monoisotopic (exact) mass is 395 g/mol. The average Bonchev–Trinajstić information content (AvgIpc) is 2.98. The van der Waals surface area contributed by atoms with Crippen LogP contribution in [0.3, 0.4) is 0 Å². The van der Waals surface area contributed by atoms with Crippen LogP contribution in [0.5, 0.6) is 0 Å². The SMILES string of the molecule is CCN(c1cc(C(=O)Nc2c(F)cccc2F)ccn1)C1CCS(=O)(=O)C1. The predicted octanol–water partition coefficient (Wildman–Crippen LogP) is 2.63. The maximum absolute atomic E-state index is 13.7. The standard InChI is InChI=1S/C18H19F2N3O3S/c1-2-23(13-7-9-27(25,26)11-13)16-10-12(6-8-21-16)18(24)22-17-14(19)4-3-5-15(17)20/h3-6,8,10,13H,2,7,9,11H2,1H3,(H,22,24). The van der Waals surface area contributed by atoms with Crippen molar-refractivity contribution in [1.82, 2.24) is 4.98 Å². The molecule has 1 fully saturated rings. The Bertz CT molecular complexity index is 946. The van der Waals surface area contributed by atoms with E-state index in [1.54, 1.807) is 0 Å². The minimum absolute atomic E-state index is 0.0411. The van der Waals surface area contributed by atoms with Gasteiger partial charge in [-0.2, -0.15) is 0 Å². The molecule has 6 nitrogen and oxygen atoms in total. The molecule has 9 heteroatoms. The zero-order chi connectivity index (χ0) is 19.6. The van der Waals surface area contributed by atoms with E-state index in [1.165, 1.54) is 24.4 Å². The zero-order valence-electron chi connectivity index (χ0n) is 14.7. The number of hydrogen-bond donors (Lipinski definition) is 1. The molecule has 0 spiro atoms. The molecule has 27 heavy (non-hydrogen) atoms. The van der Waals surface area contributed by atoms with Crippen molar-refractivity contribution in [3.05, 3.63) is 53.7 Å². The molecule has 1 aromatic heterocycles. The number of anilines is 2. The number of nitrogens with one attached hydrogen (secondary N) is 1. The van der Waals surface area contributed by atoms with Crippen LogP contribution >= 0.6 is 0 Å². The van der Waals surface area contributed by atoms with Gasteiger partial charge in [0.05, 0.1) is 11.5 Å². The smallest absolute Gasteiger partial charge is 0.256 e. The highest BCUT2D eigenvalue weighted by Gasteiger charge is 2.32. The van der Waals surface area contributed by atoms with E-state index in [2.05, 4.69) is 10.3 Å². The van der Waals surface area contributed by atoms with Crippen molar-refractivity contribution in [2.45, 2.75) is 19.4 Å². The second-order valence-corrected chi connectivity index (χ2v) is 8.53. The van der Waals surface area contributed by atoms with Gasteiger partial charge in [0.15, 0.2) is 9.84 Å². The van der Waals surface area contributed by atoms with Gasteiger partial charge in [-0.25, -0.2) is 22.2 Å². The summed E-state index contributed by atoms with van der Waals surface area (Å²) in [6, 6.07) is 6.01. The maximum atomic E-state index is 13.7. The Morgan fingerprint density at radius 3 is 2.59 bits per heavy atom. The molecule has 0 aliphatic carbocycles. The van der Waals surface area contributed by atoms with Crippen LogP contribution in [0.25, 0.3) is 0 Å². The summed E-state index contributed by atoms with van der Waals surface area (Å²) in [6.07, 6.45) is 1.91. The quantitative estimate of drug-likeness (QED) is 0.842. The summed E-state index contributed by atoms with van der Waals surface area (Å²) in [4.78, 5) is 18.5. The van der Waals surface area contributed by atoms with Crippen molar-refractivity contribution >= 4 is 27.2 Å². The second kappa shape index (κ2) is 7.59. The lowest BCUT2D eigenvalue weighted by atomic mass is 10.2. The van der Waals surface area contributed by atoms with E-state index in [-0.39, 0.29) is 23.1 Å². The van der Waals surface area contributed by atoms with Gasteiger partial charge >= 0.3 is 0 Å². The van der Waals surface area contributed by atoms with Gasteiger partial charge in [-0.05, 0) is 37.6 Å². The first kappa shape index (κ1) is 19.2. The molecule has 2 heterocycles. The van der Waals surface area contributed by atoms with Crippen LogP contribution < -0.4 is 10.2 Å². The summed E-state index contributed by atoms with van der Waals surface area (Å²) in [5, 5.41) is 2.23. The van der Waals surface area contributed by atoms with Crippen molar-refractivity contribution in [2.24, 2.45) is 0 Å². The number of carbonyl (C=O) groups excluding carboxylic acids is 1. The van der Waals surface area contributed by atoms with Crippen molar-refractivity contribution in [1.29, 1.82) is 0 Å². The third kappa shape index (κ3) is 4.24. The van der Waals surface area contributed by atoms with Crippen LogP contribution in [0, 0.1) is 11.6 Å². The minimum Gasteiger partial charge on any atom is -0.353 e. The Balaban J connectivity index is 1.83. The minimum atomic E-state index is -3.07. The van der Waals surface area contributed by atoms with Gasteiger partial charge in [0.1, 0.15) is 23.1 Å². The molecule has 0 radical (unpaired) electrons. The Labute approximate surface area is 156 Å². The van der Waals surface area contributed by atoms with E-state index >= 15 is 0 Å². The number of aromatic nitrogens is 1. The fraction of sp³-hybridized carbons (Fsp3) is 0.333. The van der Waals surface area contributed by atoms with Crippen LogP contribution in [0.15, 0.2) is 36.5 Å². The molecule has 1 aliphatic heterocycles. The highest BCUT2D eigenvalue weighted by molar-refractivity contribution is 7.91. The lowest BCUT2D eigenvalue weighted by Gasteiger charge is -2.28. The topological polar surface area (TPSA) is 79.4 Å². The Morgan fingerprint density at radius 1 is 1.30 bits per heavy atom. The van der Waals surface area contributed by atoms with E-state index in [9.17, 15) is 22.0 Å². The Morgan fingerprint density at radius 2 is 2.00 bits per heavy atom. The first-order valence-electron chi connectivity index (χ1n) is 8.49. The van der Waals surface area contributed by atoms with Gasteiger partial charge < -0.3 is 10.2 Å². The number of hydrogen-bond acceptors (Lipinski definition) is 5. The Hall–Kier alpha value is -2.55. The molecule has 1 amide bonds. The molecular formula is C18H19F2N3O3S. The van der Waals surface area contributed by atoms with Gasteiger partial charge in [0, 0.05) is 24.3 Å². The first-order chi connectivity index (χ1) is 12.8. The number of rotatable bonds is 5. The van der Waals surface area contributed by atoms with E-state index in [0.29, 0.717) is 18.8 Å². The molecule has 1 aromatic carbocycles. The van der Waals surface area contributed by atoms with E-state index in [4.69, 9.17) is 0 Å². The zero-order valence-corrected chi connectivity index (χ0v) is 15.5. The molecule has 144 valence electrons. The number of benzene rings is 1. The molecule has 0 saturated carbocycles. The summed E-state index contributed by atoms with van der Waals surface area (Å²) in [6.45, 7) is 2.38. The van der Waals surface area contributed by atoms with E-state index in [1.807, 2.05) is 11.8 Å². The molecule has 1 atom stereocenters.